The lowest BCUT2D eigenvalue weighted by Gasteiger charge is -2.53. The third-order valence-corrected chi connectivity index (χ3v) is 3.50. The molecule has 2 heterocycles. The third-order valence-electron chi connectivity index (χ3n) is 3.50. The average Bonchev–Trinajstić information content (AvgIpc) is 2.35. The van der Waals surface area contributed by atoms with Crippen molar-refractivity contribution in [3.63, 3.8) is 0 Å². The minimum Gasteiger partial charge on any atom is -0.377 e. The van der Waals surface area contributed by atoms with E-state index in [4.69, 9.17) is 4.74 Å². The molecule has 0 aliphatic carbocycles. The first-order valence-corrected chi connectivity index (χ1v) is 5.56. The van der Waals surface area contributed by atoms with Crippen LogP contribution in [0.25, 0.3) is 0 Å². The molecule has 2 aliphatic heterocycles. The van der Waals surface area contributed by atoms with Gasteiger partial charge < -0.3 is 4.74 Å². The van der Waals surface area contributed by atoms with Crippen molar-refractivity contribution in [2.24, 2.45) is 0 Å². The standard InChI is InChI=1S/C11H20FNO/c1-8(2)14-7-11-4-9(3)13(11)6-10(12)5-11/h8-10H,4-7H2,1-3H3/t9-,10+,11-/m1/s1. The van der Waals surface area contributed by atoms with Crippen LogP contribution in [-0.4, -0.2) is 41.9 Å². The number of halogens is 1. The summed E-state index contributed by atoms with van der Waals surface area (Å²) in [7, 11) is 0. The van der Waals surface area contributed by atoms with E-state index in [1.165, 1.54) is 0 Å². The largest absolute Gasteiger partial charge is 0.377 e. The molecule has 0 spiro atoms. The molecular formula is C11H20FNO. The summed E-state index contributed by atoms with van der Waals surface area (Å²) in [6.07, 6.45) is 1.38. The highest BCUT2D eigenvalue weighted by Crippen LogP contribution is 2.46. The topological polar surface area (TPSA) is 12.5 Å². The first kappa shape index (κ1) is 10.4. The Bertz CT molecular complexity index is 221. The van der Waals surface area contributed by atoms with Crippen LogP contribution in [0.2, 0.25) is 0 Å². The molecule has 0 amide bonds. The van der Waals surface area contributed by atoms with Gasteiger partial charge in [0, 0.05) is 24.5 Å². The fourth-order valence-electron chi connectivity index (χ4n) is 2.92. The average molecular weight is 201 g/mol. The molecule has 0 unspecified atom stereocenters. The van der Waals surface area contributed by atoms with Crippen molar-refractivity contribution in [3.8, 4) is 0 Å². The number of hydrogen-bond acceptors (Lipinski definition) is 2. The van der Waals surface area contributed by atoms with Crippen LogP contribution in [0.5, 0.6) is 0 Å². The summed E-state index contributed by atoms with van der Waals surface area (Å²) < 4.78 is 18.9. The molecule has 2 fully saturated rings. The Morgan fingerprint density at radius 3 is 2.79 bits per heavy atom. The van der Waals surface area contributed by atoms with E-state index in [1.54, 1.807) is 0 Å². The second kappa shape index (κ2) is 3.46. The SMILES string of the molecule is CC(C)OC[C@@]12C[C@H](F)CN1[C@H](C)C2. The van der Waals surface area contributed by atoms with Crippen molar-refractivity contribution in [2.45, 2.75) is 57.5 Å². The molecule has 3 atom stereocenters. The summed E-state index contributed by atoms with van der Waals surface area (Å²) in [5, 5.41) is 0. The van der Waals surface area contributed by atoms with Crippen LogP contribution < -0.4 is 0 Å². The van der Waals surface area contributed by atoms with Gasteiger partial charge in [-0.1, -0.05) is 0 Å². The van der Waals surface area contributed by atoms with Gasteiger partial charge in [0.05, 0.1) is 12.7 Å². The highest BCUT2D eigenvalue weighted by atomic mass is 19.1. The summed E-state index contributed by atoms with van der Waals surface area (Å²) in [5.41, 5.74) is 0.0447. The molecule has 2 saturated heterocycles. The van der Waals surface area contributed by atoms with Gasteiger partial charge in [-0.3, -0.25) is 4.90 Å². The Kier molecular flexibility index (Phi) is 2.56. The van der Waals surface area contributed by atoms with Gasteiger partial charge in [0.15, 0.2) is 0 Å². The third kappa shape index (κ3) is 1.57. The lowest BCUT2D eigenvalue weighted by Crippen LogP contribution is -2.63. The molecule has 82 valence electrons. The number of nitrogens with zero attached hydrogens (tertiary/aromatic N) is 1. The molecule has 0 aromatic carbocycles. The highest BCUT2D eigenvalue weighted by molar-refractivity contribution is 5.10. The number of hydrogen-bond donors (Lipinski definition) is 0. The molecule has 0 aromatic rings. The van der Waals surface area contributed by atoms with Crippen molar-refractivity contribution in [1.29, 1.82) is 0 Å². The summed E-state index contributed by atoms with van der Waals surface area (Å²) in [6, 6.07) is 0.548. The lowest BCUT2D eigenvalue weighted by atomic mass is 9.80. The van der Waals surface area contributed by atoms with Gasteiger partial charge in [-0.15, -0.1) is 0 Å². The first-order valence-electron chi connectivity index (χ1n) is 5.56. The molecule has 2 aliphatic rings. The Hall–Kier alpha value is -0.150. The molecule has 0 N–H and O–H groups in total. The maximum atomic E-state index is 13.3. The molecule has 0 bridgehead atoms. The quantitative estimate of drug-likeness (QED) is 0.692. The number of alkyl halides is 1. The molecule has 0 radical (unpaired) electrons. The van der Waals surface area contributed by atoms with Crippen LogP contribution in [-0.2, 0) is 4.74 Å². The Balaban J connectivity index is 1.95. The van der Waals surface area contributed by atoms with E-state index >= 15 is 0 Å². The van der Waals surface area contributed by atoms with Crippen LogP contribution in [0.3, 0.4) is 0 Å². The molecule has 0 saturated carbocycles. The van der Waals surface area contributed by atoms with Crippen LogP contribution in [0.1, 0.15) is 33.6 Å². The minimum atomic E-state index is -0.643. The Morgan fingerprint density at radius 2 is 2.21 bits per heavy atom. The smallest absolute Gasteiger partial charge is 0.115 e. The van der Waals surface area contributed by atoms with E-state index in [1.807, 2.05) is 13.8 Å². The van der Waals surface area contributed by atoms with Gasteiger partial charge in [0.2, 0.25) is 0 Å². The zero-order valence-electron chi connectivity index (χ0n) is 9.29. The Labute approximate surface area is 85.4 Å². The van der Waals surface area contributed by atoms with Crippen molar-refractivity contribution < 1.29 is 9.13 Å². The normalized spacial score (nSPS) is 42.6. The fourth-order valence-corrected chi connectivity index (χ4v) is 2.92. The minimum absolute atomic E-state index is 0.0447. The molecule has 3 heteroatoms. The van der Waals surface area contributed by atoms with E-state index in [9.17, 15) is 4.39 Å². The summed E-state index contributed by atoms with van der Waals surface area (Å²) >= 11 is 0. The van der Waals surface area contributed by atoms with Crippen LogP contribution in [0.15, 0.2) is 0 Å². The predicted octanol–water partition coefficient (Wildman–Crippen LogP) is 1.99. The maximum Gasteiger partial charge on any atom is 0.115 e. The second-order valence-corrected chi connectivity index (χ2v) is 5.09. The summed E-state index contributed by atoms with van der Waals surface area (Å²) in [5.74, 6) is 0. The molecule has 2 rings (SSSR count). The second-order valence-electron chi connectivity index (χ2n) is 5.09. The van der Waals surface area contributed by atoms with Crippen molar-refractivity contribution in [1.82, 2.24) is 4.90 Å². The van der Waals surface area contributed by atoms with E-state index in [2.05, 4.69) is 11.8 Å². The maximum absolute atomic E-state index is 13.3. The zero-order chi connectivity index (χ0) is 10.3. The van der Waals surface area contributed by atoms with Crippen molar-refractivity contribution in [3.05, 3.63) is 0 Å². The van der Waals surface area contributed by atoms with Crippen molar-refractivity contribution in [2.75, 3.05) is 13.2 Å². The van der Waals surface area contributed by atoms with E-state index in [-0.39, 0.29) is 11.6 Å². The number of ether oxygens (including phenoxy) is 1. The van der Waals surface area contributed by atoms with Gasteiger partial charge in [-0.05, 0) is 27.2 Å². The predicted molar refractivity (Wildman–Crippen MR) is 54.1 cm³/mol. The monoisotopic (exact) mass is 201 g/mol. The fraction of sp³-hybridized carbons (Fsp3) is 1.00. The number of rotatable bonds is 3. The molecule has 14 heavy (non-hydrogen) atoms. The van der Waals surface area contributed by atoms with Crippen LogP contribution in [0, 0.1) is 0 Å². The van der Waals surface area contributed by atoms with Crippen LogP contribution in [0.4, 0.5) is 4.39 Å². The summed E-state index contributed by atoms with van der Waals surface area (Å²) in [4.78, 5) is 2.28. The van der Waals surface area contributed by atoms with Gasteiger partial charge in [-0.25, -0.2) is 4.39 Å². The van der Waals surface area contributed by atoms with E-state index in [0.717, 1.165) is 6.42 Å². The van der Waals surface area contributed by atoms with Gasteiger partial charge in [0.1, 0.15) is 6.17 Å². The Morgan fingerprint density at radius 1 is 1.50 bits per heavy atom. The lowest BCUT2D eigenvalue weighted by molar-refractivity contribution is -0.0960. The number of fused-ring (bicyclic) bond motifs is 1. The zero-order valence-corrected chi connectivity index (χ0v) is 9.29. The first-order chi connectivity index (χ1) is 6.53. The summed E-state index contributed by atoms with van der Waals surface area (Å²) in [6.45, 7) is 7.56. The van der Waals surface area contributed by atoms with Gasteiger partial charge >= 0.3 is 0 Å². The van der Waals surface area contributed by atoms with E-state index < -0.39 is 6.17 Å². The van der Waals surface area contributed by atoms with Crippen LogP contribution >= 0.6 is 0 Å². The molecular weight excluding hydrogens is 181 g/mol. The van der Waals surface area contributed by atoms with Gasteiger partial charge in [-0.2, -0.15) is 0 Å². The molecule has 0 aromatic heterocycles. The highest BCUT2D eigenvalue weighted by Gasteiger charge is 2.56. The van der Waals surface area contributed by atoms with Gasteiger partial charge in [0.25, 0.3) is 0 Å². The molecule has 2 nitrogen and oxygen atoms in total. The van der Waals surface area contributed by atoms with E-state index in [0.29, 0.717) is 25.6 Å². The van der Waals surface area contributed by atoms with Crippen molar-refractivity contribution >= 4 is 0 Å².